The van der Waals surface area contributed by atoms with Gasteiger partial charge in [0.25, 0.3) is 0 Å². The van der Waals surface area contributed by atoms with Crippen LogP contribution in [0, 0.1) is 6.92 Å². The largest absolute Gasteiger partial charge is 0.385 e. The summed E-state index contributed by atoms with van der Waals surface area (Å²) in [6.07, 6.45) is 5.23. The van der Waals surface area contributed by atoms with E-state index in [9.17, 15) is 5.11 Å². The predicted molar refractivity (Wildman–Crippen MR) is 105 cm³/mol. The molecule has 0 spiro atoms. The van der Waals surface area contributed by atoms with Gasteiger partial charge in [-0.1, -0.05) is 17.7 Å². The Morgan fingerprint density at radius 3 is 2.96 bits per heavy atom. The first-order chi connectivity index (χ1) is 12.4. The molecule has 2 aromatic heterocycles. The van der Waals surface area contributed by atoms with Crippen LogP contribution in [0.25, 0.3) is 10.9 Å². The van der Waals surface area contributed by atoms with Gasteiger partial charge in [0.05, 0.1) is 5.60 Å². The molecule has 0 saturated carbocycles. The van der Waals surface area contributed by atoms with E-state index >= 15 is 0 Å². The number of hydrogen-bond donors (Lipinski definition) is 2. The molecule has 2 atom stereocenters. The molecule has 0 saturated heterocycles. The second kappa shape index (κ2) is 6.53. The van der Waals surface area contributed by atoms with Gasteiger partial charge < -0.3 is 15.0 Å². The van der Waals surface area contributed by atoms with Gasteiger partial charge >= 0.3 is 0 Å². The maximum absolute atomic E-state index is 11.2. The first-order valence-corrected chi connectivity index (χ1v) is 9.36. The van der Waals surface area contributed by atoms with Crippen molar-refractivity contribution in [1.82, 2.24) is 14.9 Å². The van der Waals surface area contributed by atoms with Crippen LogP contribution < -0.4 is 0 Å². The standard InChI is InChI=1S/C22H27N3O/c1-15-6-7-20-19(11-15)18-8-10-25(3)14-16(21(18)24-20)12-22(2,26)17-5-4-9-23-13-17/h4-7,9,11,13,16,24,26H,8,10,12,14H2,1-3H3. The van der Waals surface area contributed by atoms with Crippen LogP contribution in [0.1, 0.15) is 41.6 Å². The average molecular weight is 349 g/mol. The summed E-state index contributed by atoms with van der Waals surface area (Å²) >= 11 is 0. The molecule has 1 aliphatic heterocycles. The van der Waals surface area contributed by atoms with Gasteiger partial charge in [0.2, 0.25) is 0 Å². The molecule has 4 heteroatoms. The summed E-state index contributed by atoms with van der Waals surface area (Å²) < 4.78 is 0. The lowest BCUT2D eigenvalue weighted by Gasteiger charge is -2.30. The average Bonchev–Trinajstić information content (AvgIpc) is 2.90. The van der Waals surface area contributed by atoms with Crippen molar-refractivity contribution in [3.05, 3.63) is 65.1 Å². The maximum atomic E-state index is 11.2. The molecule has 0 radical (unpaired) electrons. The highest BCUT2D eigenvalue weighted by molar-refractivity contribution is 5.85. The fraction of sp³-hybridized carbons (Fsp3) is 0.409. The van der Waals surface area contributed by atoms with Crippen LogP contribution in [0.15, 0.2) is 42.7 Å². The van der Waals surface area contributed by atoms with Crippen molar-refractivity contribution in [1.29, 1.82) is 0 Å². The molecule has 4 rings (SSSR count). The molecule has 2 unspecified atom stereocenters. The van der Waals surface area contributed by atoms with Crippen molar-refractivity contribution in [2.75, 3.05) is 20.1 Å². The Balaban J connectivity index is 1.75. The van der Waals surface area contributed by atoms with Crippen LogP contribution in [0.3, 0.4) is 0 Å². The van der Waals surface area contributed by atoms with Gasteiger partial charge in [0, 0.05) is 53.6 Å². The highest BCUT2D eigenvalue weighted by Crippen LogP contribution is 2.38. The van der Waals surface area contributed by atoms with Crippen LogP contribution in [-0.4, -0.2) is 40.1 Å². The van der Waals surface area contributed by atoms with Gasteiger partial charge in [0.1, 0.15) is 0 Å². The van der Waals surface area contributed by atoms with E-state index in [4.69, 9.17) is 0 Å². The number of benzene rings is 1. The third-order valence-corrected chi connectivity index (χ3v) is 5.71. The lowest BCUT2D eigenvalue weighted by Crippen LogP contribution is -2.30. The highest BCUT2D eigenvalue weighted by Gasteiger charge is 2.33. The molecule has 2 N–H and O–H groups in total. The van der Waals surface area contributed by atoms with Crippen molar-refractivity contribution in [3.8, 4) is 0 Å². The summed E-state index contributed by atoms with van der Waals surface area (Å²) in [5.41, 5.74) is 5.17. The summed E-state index contributed by atoms with van der Waals surface area (Å²) in [5.74, 6) is 0.250. The first-order valence-electron chi connectivity index (χ1n) is 9.36. The van der Waals surface area contributed by atoms with E-state index in [0.717, 1.165) is 25.1 Å². The molecule has 0 aliphatic carbocycles. The Hall–Kier alpha value is -2.17. The molecule has 26 heavy (non-hydrogen) atoms. The molecule has 0 bridgehead atoms. The van der Waals surface area contributed by atoms with Crippen molar-refractivity contribution in [3.63, 3.8) is 0 Å². The molecule has 1 aromatic carbocycles. The molecule has 3 heterocycles. The number of aromatic nitrogens is 2. The molecule has 0 fully saturated rings. The quantitative estimate of drug-likeness (QED) is 0.757. The van der Waals surface area contributed by atoms with Crippen molar-refractivity contribution in [2.45, 2.75) is 38.2 Å². The van der Waals surface area contributed by atoms with Gasteiger partial charge in [-0.25, -0.2) is 0 Å². The fourth-order valence-corrected chi connectivity index (χ4v) is 4.31. The zero-order valence-corrected chi connectivity index (χ0v) is 15.8. The van der Waals surface area contributed by atoms with Crippen LogP contribution >= 0.6 is 0 Å². The lowest BCUT2D eigenvalue weighted by atomic mass is 9.84. The summed E-state index contributed by atoms with van der Waals surface area (Å²) in [4.78, 5) is 10.2. The highest BCUT2D eigenvalue weighted by atomic mass is 16.3. The SMILES string of the molecule is Cc1ccc2[nH]c3c(c2c1)CCN(C)CC3CC(C)(O)c1cccnc1. The number of pyridine rings is 1. The van der Waals surface area contributed by atoms with Gasteiger partial charge in [-0.3, -0.25) is 4.98 Å². The minimum absolute atomic E-state index is 0.250. The van der Waals surface area contributed by atoms with Gasteiger partial charge in [-0.2, -0.15) is 0 Å². The minimum atomic E-state index is -0.908. The van der Waals surface area contributed by atoms with Crippen LogP contribution in [-0.2, 0) is 12.0 Å². The summed E-state index contributed by atoms with van der Waals surface area (Å²) in [7, 11) is 2.17. The Kier molecular flexibility index (Phi) is 4.33. The Bertz CT molecular complexity index is 914. The molecule has 0 amide bonds. The van der Waals surface area contributed by atoms with Gasteiger partial charge in [-0.15, -0.1) is 0 Å². The Morgan fingerprint density at radius 2 is 2.19 bits per heavy atom. The summed E-state index contributed by atoms with van der Waals surface area (Å²) in [6.45, 7) is 6.03. The molecule has 3 aromatic rings. The smallest absolute Gasteiger partial charge is 0.0890 e. The van der Waals surface area contributed by atoms with E-state index in [1.54, 1.807) is 12.4 Å². The Morgan fingerprint density at radius 1 is 1.35 bits per heavy atom. The number of rotatable bonds is 3. The van der Waals surface area contributed by atoms with E-state index in [2.05, 4.69) is 47.0 Å². The molecule has 1 aliphatic rings. The maximum Gasteiger partial charge on any atom is 0.0890 e. The zero-order valence-electron chi connectivity index (χ0n) is 15.8. The Labute approximate surface area is 154 Å². The predicted octanol–water partition coefficient (Wildman–Crippen LogP) is 3.74. The van der Waals surface area contributed by atoms with Crippen LogP contribution in [0.2, 0.25) is 0 Å². The van der Waals surface area contributed by atoms with Crippen molar-refractivity contribution in [2.24, 2.45) is 0 Å². The second-order valence-electron chi connectivity index (χ2n) is 8.00. The monoisotopic (exact) mass is 349 g/mol. The number of aromatic amines is 1. The number of likely N-dealkylation sites (N-methyl/N-ethyl adjacent to an activating group) is 1. The fourth-order valence-electron chi connectivity index (χ4n) is 4.31. The third-order valence-electron chi connectivity index (χ3n) is 5.71. The van der Waals surface area contributed by atoms with Crippen LogP contribution in [0.4, 0.5) is 0 Å². The van der Waals surface area contributed by atoms with E-state index in [1.165, 1.54) is 27.7 Å². The van der Waals surface area contributed by atoms with E-state index in [-0.39, 0.29) is 5.92 Å². The number of hydrogen-bond acceptors (Lipinski definition) is 3. The number of aryl methyl sites for hydroxylation is 1. The van der Waals surface area contributed by atoms with E-state index in [0.29, 0.717) is 6.42 Å². The molecule has 136 valence electrons. The zero-order chi connectivity index (χ0) is 18.3. The van der Waals surface area contributed by atoms with Crippen molar-refractivity contribution < 1.29 is 5.11 Å². The number of H-pyrrole nitrogens is 1. The van der Waals surface area contributed by atoms with Crippen LogP contribution in [0.5, 0.6) is 0 Å². The van der Waals surface area contributed by atoms with Gasteiger partial charge in [0.15, 0.2) is 0 Å². The molecular formula is C22H27N3O. The minimum Gasteiger partial charge on any atom is -0.385 e. The lowest BCUT2D eigenvalue weighted by molar-refractivity contribution is 0.0362. The second-order valence-corrected chi connectivity index (χ2v) is 8.00. The van der Waals surface area contributed by atoms with E-state index in [1.807, 2.05) is 19.1 Å². The third kappa shape index (κ3) is 3.15. The first kappa shape index (κ1) is 17.3. The summed E-state index contributed by atoms with van der Waals surface area (Å²) in [5, 5.41) is 12.5. The van der Waals surface area contributed by atoms with E-state index < -0.39 is 5.60 Å². The topological polar surface area (TPSA) is 52.2 Å². The van der Waals surface area contributed by atoms with Gasteiger partial charge in [-0.05, 0) is 57.5 Å². The number of nitrogens with one attached hydrogen (secondary N) is 1. The normalized spacial score (nSPS) is 20.5. The van der Waals surface area contributed by atoms with Crippen molar-refractivity contribution >= 4 is 10.9 Å². The number of fused-ring (bicyclic) bond motifs is 3. The summed E-state index contributed by atoms with van der Waals surface area (Å²) in [6, 6.07) is 10.5. The molecular weight excluding hydrogens is 322 g/mol. The number of aliphatic hydroxyl groups is 1. The molecule has 4 nitrogen and oxygen atoms in total. The number of nitrogens with zero attached hydrogens (tertiary/aromatic N) is 2.